The van der Waals surface area contributed by atoms with E-state index in [-0.39, 0.29) is 12.4 Å². The molecular weight excluding hydrogens is 457 g/mol. The molecule has 0 bridgehead atoms. The number of fused-ring (bicyclic) bond motifs is 1. The maximum Gasteiger partial charge on any atom is 0.336 e. The maximum atomic E-state index is 14.1. The van der Waals surface area contributed by atoms with Gasteiger partial charge in [0.1, 0.15) is 12.1 Å². The molecule has 4 heterocycles. The van der Waals surface area contributed by atoms with Crippen LogP contribution in [-0.2, 0) is 21.5 Å². The number of hydrogen-bond donors (Lipinski definition) is 1. The number of hydrogen-bond acceptors (Lipinski definition) is 8. The second-order valence-corrected chi connectivity index (χ2v) is 9.92. The fourth-order valence-corrected chi connectivity index (χ4v) is 6.39. The fourth-order valence-electron chi connectivity index (χ4n) is 5.01. The highest BCUT2D eigenvalue weighted by atomic mass is 32.2. The van der Waals surface area contributed by atoms with Gasteiger partial charge in [0, 0.05) is 24.6 Å². The van der Waals surface area contributed by atoms with E-state index in [1.54, 1.807) is 23.9 Å². The zero-order valence-electron chi connectivity index (χ0n) is 19.1. The summed E-state index contributed by atoms with van der Waals surface area (Å²) < 4.78 is 21.1. The molecule has 0 amide bonds. The van der Waals surface area contributed by atoms with E-state index < -0.39 is 17.6 Å². The van der Waals surface area contributed by atoms with Gasteiger partial charge in [0.25, 0.3) is 0 Å². The number of rotatable bonds is 6. The lowest BCUT2D eigenvalue weighted by Crippen LogP contribution is -2.51. The lowest BCUT2D eigenvalue weighted by Gasteiger charge is -2.33. The average Bonchev–Trinajstić information content (AvgIpc) is 3.45. The topological polar surface area (TPSA) is 93.4 Å². The van der Waals surface area contributed by atoms with Crippen molar-refractivity contribution in [2.24, 2.45) is 5.92 Å². The number of carbonyl (C=O) groups is 1. The van der Waals surface area contributed by atoms with Crippen LogP contribution >= 0.6 is 11.8 Å². The van der Waals surface area contributed by atoms with Gasteiger partial charge in [-0.1, -0.05) is 18.2 Å². The van der Waals surface area contributed by atoms with Crippen molar-refractivity contribution < 1.29 is 19.0 Å². The first-order valence-electron chi connectivity index (χ1n) is 11.6. The predicted octanol–water partition coefficient (Wildman–Crippen LogP) is 2.79. The number of esters is 1. The summed E-state index contributed by atoms with van der Waals surface area (Å²) in [6.07, 6.45) is 4.72. The largest absolute Gasteiger partial charge is 0.464 e. The summed E-state index contributed by atoms with van der Waals surface area (Å²) in [6, 6.07) is 6.97. The van der Waals surface area contributed by atoms with Crippen LogP contribution in [0.15, 0.2) is 36.9 Å². The Labute approximate surface area is 201 Å². The number of piperidine rings is 1. The second kappa shape index (κ2) is 9.50. The molecule has 2 aliphatic heterocycles. The van der Waals surface area contributed by atoms with Crippen LogP contribution in [0.2, 0.25) is 0 Å². The maximum absolute atomic E-state index is 14.1. The lowest BCUT2D eigenvalue weighted by atomic mass is 9.90. The first-order valence-corrected chi connectivity index (χ1v) is 12.8. The summed E-state index contributed by atoms with van der Waals surface area (Å²) in [6.45, 7) is 3.54. The molecule has 1 N–H and O–H groups in total. The van der Waals surface area contributed by atoms with E-state index in [4.69, 9.17) is 4.74 Å². The average molecular weight is 486 g/mol. The summed E-state index contributed by atoms with van der Waals surface area (Å²) in [5.41, 5.74) is 0.616. The highest BCUT2D eigenvalue weighted by molar-refractivity contribution is 7.99. The van der Waals surface area contributed by atoms with E-state index in [0.29, 0.717) is 34.4 Å². The van der Waals surface area contributed by atoms with Crippen LogP contribution in [-0.4, -0.2) is 67.9 Å². The number of imidazole rings is 1. The quantitative estimate of drug-likeness (QED) is 0.533. The smallest absolute Gasteiger partial charge is 0.336 e. The third-order valence-electron chi connectivity index (χ3n) is 6.90. The Morgan fingerprint density at radius 1 is 1.26 bits per heavy atom. The van der Waals surface area contributed by atoms with Crippen molar-refractivity contribution in [3.8, 4) is 0 Å². The Morgan fingerprint density at radius 3 is 2.76 bits per heavy atom. The van der Waals surface area contributed by atoms with Crippen molar-refractivity contribution in [3.63, 3.8) is 0 Å². The molecule has 180 valence electrons. The van der Waals surface area contributed by atoms with E-state index in [1.165, 1.54) is 24.2 Å². The predicted molar refractivity (Wildman–Crippen MR) is 128 cm³/mol. The molecule has 5 rings (SSSR count). The summed E-state index contributed by atoms with van der Waals surface area (Å²) in [5.74, 6) is 1.33. The van der Waals surface area contributed by atoms with E-state index >= 15 is 0 Å². The standard InChI is InChI=1S/C24H28FN5O3S/c1-2-33-23(32)24(13-34-12-19(24)31)30-15-28-20-21(26-14-27-22(20)30)29-9-7-16(8-10-29)11-17-5-3-4-6-18(17)25/h3-6,14-16,19,31H,2,7-13H2,1H3. The highest BCUT2D eigenvalue weighted by Gasteiger charge is 2.53. The Kier molecular flexibility index (Phi) is 6.44. The molecule has 0 radical (unpaired) electrons. The fraction of sp³-hybridized carbons (Fsp3) is 0.500. The van der Waals surface area contributed by atoms with Crippen LogP contribution in [0.5, 0.6) is 0 Å². The molecule has 0 spiro atoms. The number of aromatic nitrogens is 4. The van der Waals surface area contributed by atoms with Crippen LogP contribution in [0.25, 0.3) is 11.2 Å². The van der Waals surface area contributed by atoms with Crippen molar-refractivity contribution in [1.82, 2.24) is 19.5 Å². The number of ether oxygens (including phenoxy) is 1. The van der Waals surface area contributed by atoms with Gasteiger partial charge in [-0.15, -0.1) is 0 Å². The van der Waals surface area contributed by atoms with Gasteiger partial charge in [-0.25, -0.2) is 24.1 Å². The number of benzene rings is 1. The molecule has 2 unspecified atom stereocenters. The Balaban J connectivity index is 1.39. The molecule has 2 aliphatic rings. The van der Waals surface area contributed by atoms with Gasteiger partial charge < -0.3 is 14.7 Å². The van der Waals surface area contributed by atoms with Crippen LogP contribution in [0, 0.1) is 11.7 Å². The van der Waals surface area contributed by atoms with Crippen LogP contribution in [0.4, 0.5) is 10.2 Å². The minimum Gasteiger partial charge on any atom is -0.464 e. The number of anilines is 1. The third kappa shape index (κ3) is 3.92. The summed E-state index contributed by atoms with van der Waals surface area (Å²) in [4.78, 5) is 28.7. The highest BCUT2D eigenvalue weighted by Crippen LogP contribution is 2.39. The molecule has 10 heteroatoms. The minimum absolute atomic E-state index is 0.143. The lowest BCUT2D eigenvalue weighted by molar-refractivity contribution is -0.157. The zero-order valence-corrected chi connectivity index (χ0v) is 19.9. The summed E-state index contributed by atoms with van der Waals surface area (Å²) in [7, 11) is 0. The molecule has 34 heavy (non-hydrogen) atoms. The zero-order chi connectivity index (χ0) is 23.7. The molecule has 2 fully saturated rings. The van der Waals surface area contributed by atoms with E-state index in [9.17, 15) is 14.3 Å². The number of carbonyl (C=O) groups excluding carboxylic acids is 1. The van der Waals surface area contributed by atoms with Gasteiger partial charge >= 0.3 is 5.97 Å². The third-order valence-corrected chi connectivity index (χ3v) is 8.10. The molecule has 0 aliphatic carbocycles. The number of aliphatic hydroxyl groups is 1. The van der Waals surface area contributed by atoms with E-state index in [0.717, 1.165) is 37.9 Å². The second-order valence-electron chi connectivity index (χ2n) is 8.89. The van der Waals surface area contributed by atoms with Crippen molar-refractivity contribution in [2.75, 3.05) is 36.1 Å². The number of aliphatic hydroxyl groups excluding tert-OH is 1. The van der Waals surface area contributed by atoms with E-state index in [2.05, 4.69) is 19.9 Å². The normalized spacial score (nSPS) is 23.5. The van der Waals surface area contributed by atoms with Gasteiger partial charge in [0.2, 0.25) is 0 Å². The van der Waals surface area contributed by atoms with Crippen molar-refractivity contribution in [3.05, 3.63) is 48.3 Å². The van der Waals surface area contributed by atoms with E-state index in [1.807, 2.05) is 12.1 Å². The van der Waals surface area contributed by atoms with Crippen molar-refractivity contribution >= 4 is 34.7 Å². The minimum atomic E-state index is -1.26. The molecule has 3 aromatic rings. The molecule has 8 nitrogen and oxygen atoms in total. The van der Waals surface area contributed by atoms with Gasteiger partial charge in [0.05, 0.1) is 19.0 Å². The first kappa shape index (κ1) is 23.0. The van der Waals surface area contributed by atoms with Crippen molar-refractivity contribution in [1.29, 1.82) is 0 Å². The van der Waals surface area contributed by atoms with Gasteiger partial charge in [-0.05, 0) is 43.7 Å². The summed E-state index contributed by atoms with van der Waals surface area (Å²) >= 11 is 1.50. The number of nitrogens with zero attached hydrogens (tertiary/aromatic N) is 5. The van der Waals surface area contributed by atoms with Crippen molar-refractivity contribution in [2.45, 2.75) is 37.8 Å². The first-order chi connectivity index (χ1) is 16.5. The number of halogens is 1. The monoisotopic (exact) mass is 485 g/mol. The van der Waals surface area contributed by atoms with Crippen LogP contribution in [0.3, 0.4) is 0 Å². The van der Waals surface area contributed by atoms with Crippen LogP contribution < -0.4 is 4.90 Å². The van der Waals surface area contributed by atoms with Gasteiger partial charge in [-0.2, -0.15) is 11.8 Å². The Bertz CT molecular complexity index is 1180. The van der Waals surface area contributed by atoms with Gasteiger partial charge in [-0.3, -0.25) is 4.57 Å². The molecular formula is C24H28FN5O3S. The molecule has 2 aromatic heterocycles. The van der Waals surface area contributed by atoms with Gasteiger partial charge in [0.15, 0.2) is 22.5 Å². The summed E-state index contributed by atoms with van der Waals surface area (Å²) in [5, 5.41) is 10.8. The molecule has 2 atom stereocenters. The SMILES string of the molecule is CCOC(=O)C1(n2cnc3c(N4CCC(Cc5ccccc5F)CC4)ncnc32)CSCC1O. The Hall–Kier alpha value is -2.72. The molecule has 1 aromatic carbocycles. The number of thioether (sulfide) groups is 1. The van der Waals surface area contributed by atoms with Crippen LogP contribution in [0.1, 0.15) is 25.3 Å². The molecule has 2 saturated heterocycles. The Morgan fingerprint density at radius 2 is 2.06 bits per heavy atom. The molecule has 0 saturated carbocycles.